The van der Waals surface area contributed by atoms with Crippen molar-refractivity contribution in [1.82, 2.24) is 10.2 Å². The van der Waals surface area contributed by atoms with Gasteiger partial charge in [0.15, 0.2) is 0 Å². The average Bonchev–Trinajstić information content (AvgIpc) is 3.13. The first-order chi connectivity index (χ1) is 18.4. The molecular formula is C33H51N3O4. The number of esters is 1. The maximum atomic E-state index is 13.4. The first-order valence-corrected chi connectivity index (χ1v) is 14.9. The van der Waals surface area contributed by atoms with Gasteiger partial charge in [-0.05, 0) is 93.7 Å². The molecule has 3 rings (SSSR count). The van der Waals surface area contributed by atoms with E-state index in [9.17, 15) is 14.4 Å². The smallest absolute Gasteiger partial charge is 0.308 e. The van der Waals surface area contributed by atoms with Crippen molar-refractivity contribution in [2.45, 2.75) is 125 Å². The fourth-order valence-electron chi connectivity index (χ4n) is 5.91. The predicted octanol–water partition coefficient (Wildman–Crippen LogP) is 6.86. The summed E-state index contributed by atoms with van der Waals surface area (Å²) in [4.78, 5) is 45.0. The number of aliphatic imine (C=N–C) groups is 1. The molecule has 1 N–H and O–H groups in total. The molecule has 7 nitrogen and oxygen atoms in total. The van der Waals surface area contributed by atoms with E-state index < -0.39 is 11.3 Å². The summed E-state index contributed by atoms with van der Waals surface area (Å²) in [6.45, 7) is 19.3. The highest BCUT2D eigenvalue weighted by molar-refractivity contribution is 6.28. The Hall–Kier alpha value is -2.70. The minimum Gasteiger partial charge on any atom is -0.460 e. The molecule has 1 aromatic rings. The predicted molar refractivity (Wildman–Crippen MR) is 160 cm³/mol. The van der Waals surface area contributed by atoms with Crippen LogP contribution in [0.25, 0.3) is 0 Å². The molecule has 7 heteroatoms. The minimum absolute atomic E-state index is 0.0166. The first-order valence-electron chi connectivity index (χ1n) is 14.9. The maximum Gasteiger partial charge on any atom is 0.308 e. The molecule has 1 saturated carbocycles. The van der Waals surface area contributed by atoms with Gasteiger partial charge in [0, 0.05) is 12.1 Å². The van der Waals surface area contributed by atoms with Crippen LogP contribution in [0.2, 0.25) is 0 Å². The summed E-state index contributed by atoms with van der Waals surface area (Å²) in [6, 6.07) is 7.44. The largest absolute Gasteiger partial charge is 0.460 e. The van der Waals surface area contributed by atoms with E-state index in [1.807, 2.05) is 49.9 Å². The van der Waals surface area contributed by atoms with Gasteiger partial charge in [-0.25, -0.2) is 0 Å². The highest BCUT2D eigenvalue weighted by Crippen LogP contribution is 2.49. The number of hydrogen-bond acceptors (Lipinski definition) is 5. The lowest BCUT2D eigenvalue weighted by Crippen LogP contribution is -2.51. The Morgan fingerprint density at radius 2 is 1.62 bits per heavy atom. The van der Waals surface area contributed by atoms with Gasteiger partial charge in [-0.2, -0.15) is 0 Å². The molecule has 0 unspecified atom stereocenters. The van der Waals surface area contributed by atoms with E-state index in [1.54, 1.807) is 0 Å². The summed E-state index contributed by atoms with van der Waals surface area (Å²) in [5, 5.41) is 2.81. The van der Waals surface area contributed by atoms with E-state index in [1.165, 1.54) is 6.21 Å². The SMILES string of the molecule is CC(C)(C)CC[C@H](c1ccc(C(=O)NCCC(=O)OC(C)(C)C)cc1)N1C(=O)C=NC12CCC(C(C)(C)C)CC2. The lowest BCUT2D eigenvalue weighted by Gasteiger charge is -2.48. The normalized spacial score (nSPS) is 22.5. The summed E-state index contributed by atoms with van der Waals surface area (Å²) in [6.07, 6.45) is 7.29. The number of nitrogens with one attached hydrogen (secondary N) is 1. The zero-order valence-corrected chi connectivity index (χ0v) is 26.2. The second kappa shape index (κ2) is 12.0. The summed E-state index contributed by atoms with van der Waals surface area (Å²) >= 11 is 0. The molecule has 1 heterocycles. The Morgan fingerprint density at radius 1 is 1.02 bits per heavy atom. The van der Waals surface area contributed by atoms with Crippen molar-refractivity contribution in [2.24, 2.45) is 21.7 Å². The molecule has 40 heavy (non-hydrogen) atoms. The average molecular weight is 554 g/mol. The summed E-state index contributed by atoms with van der Waals surface area (Å²) < 4.78 is 5.31. The molecule has 222 valence electrons. The second-order valence-electron chi connectivity index (χ2n) is 14.9. The number of amides is 2. The third-order valence-corrected chi connectivity index (χ3v) is 8.18. The lowest BCUT2D eigenvalue weighted by molar-refractivity contribution is -0.154. The molecule has 1 spiro atoms. The number of hydrogen-bond donors (Lipinski definition) is 1. The zero-order chi connectivity index (χ0) is 29.9. The van der Waals surface area contributed by atoms with E-state index in [0.29, 0.717) is 11.5 Å². The number of ether oxygens (including phenoxy) is 1. The lowest BCUT2D eigenvalue weighted by atomic mass is 9.69. The first kappa shape index (κ1) is 31.8. The summed E-state index contributed by atoms with van der Waals surface area (Å²) in [5.41, 5.74) is 0.865. The van der Waals surface area contributed by atoms with Crippen molar-refractivity contribution in [3.63, 3.8) is 0 Å². The maximum absolute atomic E-state index is 13.4. The Labute approximate surface area is 241 Å². The third-order valence-electron chi connectivity index (χ3n) is 8.18. The van der Waals surface area contributed by atoms with Crippen molar-refractivity contribution < 1.29 is 19.1 Å². The van der Waals surface area contributed by atoms with E-state index >= 15 is 0 Å². The summed E-state index contributed by atoms with van der Waals surface area (Å²) in [5.74, 6) is 0.0239. The standard InChI is InChI=1S/C33H51N3O4/c1-30(2,3)18-16-26(36-27(37)22-35-33(36)19-14-25(15-20-33)31(4,5)6)23-10-12-24(13-11-23)29(39)34-21-17-28(38)40-32(7,8)9/h10-13,22,25-26H,14-21H2,1-9H3,(H,34,39)/t25?,26-,33?/m1/s1. The fraction of sp³-hybridized carbons (Fsp3) is 0.697. The fourth-order valence-corrected chi connectivity index (χ4v) is 5.91. The highest BCUT2D eigenvalue weighted by Gasteiger charge is 2.49. The van der Waals surface area contributed by atoms with Crippen LogP contribution in [-0.4, -0.2) is 46.7 Å². The molecule has 2 aliphatic rings. The Morgan fingerprint density at radius 3 is 2.15 bits per heavy atom. The van der Waals surface area contributed by atoms with E-state index in [-0.39, 0.29) is 47.6 Å². The quantitative estimate of drug-likeness (QED) is 0.356. The molecule has 0 radical (unpaired) electrons. The monoisotopic (exact) mass is 553 g/mol. The van der Waals surface area contributed by atoms with Gasteiger partial charge in [0.2, 0.25) is 0 Å². The van der Waals surface area contributed by atoms with Crippen molar-refractivity contribution in [3.8, 4) is 0 Å². The second-order valence-corrected chi connectivity index (χ2v) is 14.9. The van der Waals surface area contributed by atoms with Crippen molar-refractivity contribution in [1.29, 1.82) is 0 Å². The van der Waals surface area contributed by atoms with Crippen LogP contribution >= 0.6 is 0 Å². The molecule has 1 aliphatic carbocycles. The number of carbonyl (C=O) groups excluding carboxylic acids is 3. The van der Waals surface area contributed by atoms with Crippen LogP contribution in [0.15, 0.2) is 29.3 Å². The Kier molecular flexibility index (Phi) is 9.58. The minimum atomic E-state index is -0.549. The number of benzene rings is 1. The van der Waals surface area contributed by atoms with Gasteiger partial charge < -0.3 is 15.0 Å². The van der Waals surface area contributed by atoms with Crippen LogP contribution in [-0.2, 0) is 14.3 Å². The number of carbonyl (C=O) groups is 3. The highest BCUT2D eigenvalue weighted by atomic mass is 16.6. The van der Waals surface area contributed by atoms with Gasteiger partial charge in [-0.1, -0.05) is 53.7 Å². The van der Waals surface area contributed by atoms with Crippen LogP contribution in [0, 0.1) is 16.7 Å². The zero-order valence-electron chi connectivity index (χ0n) is 26.2. The van der Waals surface area contributed by atoms with Gasteiger partial charge >= 0.3 is 5.97 Å². The van der Waals surface area contributed by atoms with Crippen molar-refractivity contribution in [2.75, 3.05) is 6.54 Å². The van der Waals surface area contributed by atoms with Gasteiger partial charge in [0.25, 0.3) is 11.8 Å². The van der Waals surface area contributed by atoms with Crippen molar-refractivity contribution >= 4 is 24.0 Å². The van der Waals surface area contributed by atoms with E-state index in [4.69, 9.17) is 9.73 Å². The molecular weight excluding hydrogens is 502 g/mol. The van der Waals surface area contributed by atoms with Crippen LogP contribution < -0.4 is 5.32 Å². The number of rotatable bonds is 8. The van der Waals surface area contributed by atoms with E-state index in [0.717, 1.165) is 44.1 Å². The summed E-state index contributed by atoms with van der Waals surface area (Å²) in [7, 11) is 0. The van der Waals surface area contributed by atoms with Crippen LogP contribution in [0.1, 0.15) is 129 Å². The molecule has 1 aromatic carbocycles. The molecule has 0 bridgehead atoms. The third kappa shape index (κ3) is 8.40. The molecule has 2 amide bonds. The van der Waals surface area contributed by atoms with Crippen LogP contribution in [0.3, 0.4) is 0 Å². The molecule has 1 aliphatic heterocycles. The van der Waals surface area contributed by atoms with Gasteiger partial charge in [0.1, 0.15) is 11.3 Å². The van der Waals surface area contributed by atoms with Crippen LogP contribution in [0.4, 0.5) is 0 Å². The molecule has 1 fully saturated rings. The van der Waals surface area contributed by atoms with Gasteiger partial charge in [-0.15, -0.1) is 0 Å². The number of nitrogens with zero attached hydrogens (tertiary/aromatic N) is 2. The molecule has 0 aromatic heterocycles. The Balaban J connectivity index is 1.76. The van der Waals surface area contributed by atoms with Crippen LogP contribution in [0.5, 0.6) is 0 Å². The topological polar surface area (TPSA) is 88.1 Å². The Bertz CT molecular complexity index is 1080. The van der Waals surface area contributed by atoms with E-state index in [2.05, 4.69) is 46.9 Å². The molecule has 0 saturated heterocycles. The van der Waals surface area contributed by atoms with Gasteiger partial charge in [0.05, 0.1) is 18.7 Å². The van der Waals surface area contributed by atoms with Crippen molar-refractivity contribution in [3.05, 3.63) is 35.4 Å². The molecule has 1 atom stereocenters. The van der Waals surface area contributed by atoms with Gasteiger partial charge in [-0.3, -0.25) is 19.4 Å².